The molecule has 14 heavy (non-hydrogen) atoms. The van der Waals surface area contributed by atoms with Crippen LogP contribution in [0.2, 0.25) is 0 Å². The number of hydrogen-bond donors (Lipinski definition) is 2. The third-order valence-electron chi connectivity index (χ3n) is 2.46. The first-order valence-corrected chi connectivity index (χ1v) is 4.51. The van der Waals surface area contributed by atoms with Crippen LogP contribution in [0.1, 0.15) is 17.5 Å². The van der Waals surface area contributed by atoms with Crippen LogP contribution in [-0.4, -0.2) is 11.7 Å². The van der Waals surface area contributed by atoms with Gasteiger partial charge in [0.1, 0.15) is 5.75 Å². The first-order valence-electron chi connectivity index (χ1n) is 4.51. The predicted octanol–water partition coefficient (Wildman–Crippen LogP) is 1.98. The monoisotopic (exact) mass is 199 g/mol. The zero-order chi connectivity index (χ0) is 10.2. The van der Waals surface area contributed by atoms with Crippen molar-refractivity contribution in [2.75, 3.05) is 6.54 Å². The van der Waals surface area contributed by atoms with Crippen molar-refractivity contribution in [1.82, 2.24) is 5.32 Å². The molecule has 2 N–H and O–H groups in total. The smallest absolute Gasteiger partial charge is 0.274 e. The van der Waals surface area contributed by atoms with Gasteiger partial charge in [-0.3, -0.25) is 0 Å². The summed E-state index contributed by atoms with van der Waals surface area (Å²) >= 11 is 0. The van der Waals surface area contributed by atoms with Crippen LogP contribution < -0.4 is 5.32 Å². The number of phenols is 1. The summed E-state index contributed by atoms with van der Waals surface area (Å²) in [5, 5.41) is 12.3. The van der Waals surface area contributed by atoms with Crippen molar-refractivity contribution in [2.24, 2.45) is 0 Å². The SMILES string of the molecule is Oc1cccc2c1CNCCC2(F)F. The molecule has 0 spiro atoms. The number of benzene rings is 1. The molecule has 0 aromatic heterocycles. The number of hydrogen-bond acceptors (Lipinski definition) is 2. The van der Waals surface area contributed by atoms with Gasteiger partial charge in [0, 0.05) is 30.6 Å². The van der Waals surface area contributed by atoms with Gasteiger partial charge in [0.05, 0.1) is 0 Å². The number of aromatic hydroxyl groups is 1. The van der Waals surface area contributed by atoms with Crippen molar-refractivity contribution in [1.29, 1.82) is 0 Å². The van der Waals surface area contributed by atoms with E-state index in [2.05, 4.69) is 5.32 Å². The Bertz CT molecular complexity index is 352. The molecule has 0 saturated heterocycles. The van der Waals surface area contributed by atoms with E-state index in [0.717, 1.165) is 0 Å². The molecule has 0 bridgehead atoms. The zero-order valence-corrected chi connectivity index (χ0v) is 7.56. The van der Waals surface area contributed by atoms with Crippen molar-refractivity contribution >= 4 is 0 Å². The Kier molecular flexibility index (Phi) is 2.15. The number of nitrogens with one attached hydrogen (secondary N) is 1. The van der Waals surface area contributed by atoms with Crippen LogP contribution >= 0.6 is 0 Å². The standard InChI is InChI=1S/C10H11F2NO/c11-10(12)4-5-13-6-7-8(10)2-1-3-9(7)14/h1-3,13-14H,4-6H2. The largest absolute Gasteiger partial charge is 0.508 e. The minimum atomic E-state index is -2.84. The summed E-state index contributed by atoms with van der Waals surface area (Å²) in [7, 11) is 0. The molecule has 1 aliphatic rings. The fourth-order valence-corrected chi connectivity index (χ4v) is 1.70. The van der Waals surface area contributed by atoms with Crippen LogP contribution in [0, 0.1) is 0 Å². The Morgan fingerprint density at radius 2 is 2.14 bits per heavy atom. The number of alkyl halides is 2. The normalized spacial score (nSPS) is 19.9. The molecule has 4 heteroatoms. The van der Waals surface area contributed by atoms with Gasteiger partial charge in [-0.25, -0.2) is 8.78 Å². The Balaban J connectivity index is 2.56. The number of halogens is 2. The summed E-state index contributed by atoms with van der Waals surface area (Å²) in [6.07, 6.45) is -0.219. The van der Waals surface area contributed by atoms with E-state index in [9.17, 15) is 13.9 Å². The third kappa shape index (κ3) is 1.46. The minimum absolute atomic E-state index is 0.0532. The molecule has 1 aliphatic heterocycles. The van der Waals surface area contributed by atoms with Gasteiger partial charge in [-0.05, 0) is 6.07 Å². The molecule has 2 rings (SSSR count). The molecule has 0 radical (unpaired) electrons. The molecule has 0 amide bonds. The summed E-state index contributed by atoms with van der Waals surface area (Å²) in [5.41, 5.74) is 0.262. The maximum Gasteiger partial charge on any atom is 0.274 e. The maximum absolute atomic E-state index is 13.5. The number of fused-ring (bicyclic) bond motifs is 1. The van der Waals surface area contributed by atoms with Gasteiger partial charge in [0.25, 0.3) is 5.92 Å². The molecular formula is C10H11F2NO. The molecule has 0 aliphatic carbocycles. The van der Waals surface area contributed by atoms with E-state index in [1.54, 1.807) is 0 Å². The Morgan fingerprint density at radius 3 is 2.93 bits per heavy atom. The lowest BCUT2D eigenvalue weighted by Crippen LogP contribution is -2.17. The lowest BCUT2D eigenvalue weighted by molar-refractivity contribution is -0.0108. The maximum atomic E-state index is 13.5. The van der Waals surface area contributed by atoms with Crippen LogP contribution in [0.15, 0.2) is 18.2 Å². The molecule has 0 atom stereocenters. The van der Waals surface area contributed by atoms with E-state index < -0.39 is 5.92 Å². The Labute approximate surface area is 80.6 Å². The van der Waals surface area contributed by atoms with Gasteiger partial charge < -0.3 is 10.4 Å². The third-order valence-corrected chi connectivity index (χ3v) is 2.46. The predicted molar refractivity (Wildman–Crippen MR) is 48.3 cm³/mol. The van der Waals surface area contributed by atoms with Crippen LogP contribution in [0.5, 0.6) is 5.75 Å². The first kappa shape index (κ1) is 9.40. The van der Waals surface area contributed by atoms with Crippen LogP contribution in [0.4, 0.5) is 8.78 Å². The summed E-state index contributed by atoms with van der Waals surface area (Å²) in [5.74, 6) is -2.89. The summed E-state index contributed by atoms with van der Waals surface area (Å²) in [6.45, 7) is 0.568. The average molecular weight is 199 g/mol. The van der Waals surface area contributed by atoms with Crippen molar-refractivity contribution < 1.29 is 13.9 Å². The van der Waals surface area contributed by atoms with Crippen molar-refractivity contribution in [2.45, 2.75) is 18.9 Å². The second-order valence-corrected chi connectivity index (χ2v) is 3.43. The molecule has 76 valence electrons. The van der Waals surface area contributed by atoms with E-state index in [1.807, 2.05) is 0 Å². The van der Waals surface area contributed by atoms with Crippen molar-refractivity contribution in [3.05, 3.63) is 29.3 Å². The minimum Gasteiger partial charge on any atom is -0.508 e. The Morgan fingerprint density at radius 1 is 1.36 bits per heavy atom. The molecule has 1 aromatic carbocycles. The highest BCUT2D eigenvalue weighted by Gasteiger charge is 2.35. The van der Waals surface area contributed by atoms with Gasteiger partial charge in [0.2, 0.25) is 0 Å². The van der Waals surface area contributed by atoms with E-state index in [-0.39, 0.29) is 24.3 Å². The van der Waals surface area contributed by atoms with Gasteiger partial charge in [0.15, 0.2) is 0 Å². The van der Waals surface area contributed by atoms with Crippen LogP contribution in [0.3, 0.4) is 0 Å². The van der Waals surface area contributed by atoms with E-state index in [4.69, 9.17) is 0 Å². The Hall–Kier alpha value is -1.16. The average Bonchev–Trinajstić information content (AvgIpc) is 2.27. The zero-order valence-electron chi connectivity index (χ0n) is 7.56. The number of rotatable bonds is 0. The molecular weight excluding hydrogens is 188 g/mol. The second-order valence-electron chi connectivity index (χ2n) is 3.43. The fraction of sp³-hybridized carbons (Fsp3) is 0.400. The highest BCUT2D eigenvalue weighted by molar-refractivity contribution is 5.42. The highest BCUT2D eigenvalue weighted by atomic mass is 19.3. The van der Waals surface area contributed by atoms with Crippen molar-refractivity contribution in [3.8, 4) is 5.75 Å². The molecule has 0 unspecified atom stereocenters. The first-order chi connectivity index (χ1) is 6.61. The van der Waals surface area contributed by atoms with Gasteiger partial charge >= 0.3 is 0 Å². The van der Waals surface area contributed by atoms with E-state index >= 15 is 0 Å². The topological polar surface area (TPSA) is 32.3 Å². The highest BCUT2D eigenvalue weighted by Crippen LogP contribution is 2.38. The molecule has 2 nitrogen and oxygen atoms in total. The molecule has 1 heterocycles. The van der Waals surface area contributed by atoms with E-state index in [0.29, 0.717) is 12.1 Å². The van der Waals surface area contributed by atoms with Crippen molar-refractivity contribution in [3.63, 3.8) is 0 Å². The van der Waals surface area contributed by atoms with Crippen LogP contribution in [0.25, 0.3) is 0 Å². The quantitative estimate of drug-likeness (QED) is 0.669. The lowest BCUT2D eigenvalue weighted by atomic mass is 10.00. The van der Waals surface area contributed by atoms with E-state index in [1.165, 1.54) is 18.2 Å². The van der Waals surface area contributed by atoms with Gasteiger partial charge in [-0.1, -0.05) is 12.1 Å². The molecule has 0 fully saturated rings. The van der Waals surface area contributed by atoms with Gasteiger partial charge in [-0.15, -0.1) is 0 Å². The van der Waals surface area contributed by atoms with Crippen LogP contribution in [-0.2, 0) is 12.5 Å². The lowest BCUT2D eigenvalue weighted by Gasteiger charge is -2.16. The molecule has 1 aromatic rings. The second kappa shape index (κ2) is 3.20. The van der Waals surface area contributed by atoms with Gasteiger partial charge in [-0.2, -0.15) is 0 Å². The summed E-state index contributed by atoms with van der Waals surface area (Å²) < 4.78 is 27.0. The number of phenolic OH excluding ortho intramolecular Hbond substituents is 1. The summed E-state index contributed by atoms with van der Waals surface area (Å²) in [4.78, 5) is 0. The summed E-state index contributed by atoms with van der Waals surface area (Å²) in [6, 6.07) is 4.26. The fourth-order valence-electron chi connectivity index (χ4n) is 1.70. The molecule has 0 saturated carbocycles.